The first-order chi connectivity index (χ1) is 19.6. The number of anilines is 1. The fourth-order valence-electron chi connectivity index (χ4n) is 4.67. The molecule has 0 saturated heterocycles. The van der Waals surface area contributed by atoms with Crippen molar-refractivity contribution in [2.45, 2.75) is 25.8 Å². The number of halogens is 1. The van der Waals surface area contributed by atoms with Crippen LogP contribution in [0.1, 0.15) is 45.9 Å². The van der Waals surface area contributed by atoms with Crippen molar-refractivity contribution in [3.63, 3.8) is 0 Å². The van der Waals surface area contributed by atoms with Gasteiger partial charge >= 0.3 is 5.97 Å². The van der Waals surface area contributed by atoms with E-state index in [2.05, 4.69) is 6.92 Å². The van der Waals surface area contributed by atoms with Crippen LogP contribution in [0.15, 0.2) is 107 Å². The number of rotatable bonds is 8. The van der Waals surface area contributed by atoms with Crippen molar-refractivity contribution >= 4 is 45.1 Å². The van der Waals surface area contributed by atoms with Crippen LogP contribution in [-0.2, 0) is 6.42 Å². The van der Waals surface area contributed by atoms with Crippen LogP contribution in [0, 0.1) is 0 Å². The zero-order chi connectivity index (χ0) is 27.5. The molecule has 6 rings (SSSR count). The Labute approximate surface area is 252 Å². The largest absolute Gasteiger partial charge is 0.497 e. The molecule has 0 saturated carbocycles. The third-order valence-corrected chi connectivity index (χ3v) is 7.95. The number of thiazole rings is 1. The van der Waals surface area contributed by atoms with E-state index in [-0.39, 0.29) is 29.0 Å². The van der Waals surface area contributed by atoms with Crippen LogP contribution in [0.3, 0.4) is 0 Å². The smallest absolute Gasteiger partial charge is 0.343 e. The quantitative estimate of drug-likeness (QED) is 0.127. The zero-order valence-electron chi connectivity index (χ0n) is 22.5. The molecule has 1 aliphatic heterocycles. The summed E-state index contributed by atoms with van der Waals surface area (Å²) in [5.41, 5.74) is 4.35. The molecule has 41 heavy (non-hydrogen) atoms. The van der Waals surface area contributed by atoms with Gasteiger partial charge in [-0.25, -0.2) is 14.8 Å². The van der Waals surface area contributed by atoms with Gasteiger partial charge in [0.15, 0.2) is 0 Å². The lowest BCUT2D eigenvalue weighted by molar-refractivity contribution is 0.0735. The molecule has 0 N–H and O–H groups in total. The van der Waals surface area contributed by atoms with E-state index in [4.69, 9.17) is 24.0 Å². The van der Waals surface area contributed by atoms with E-state index in [1.165, 1.54) is 0 Å². The summed E-state index contributed by atoms with van der Waals surface area (Å²) in [6, 6.07) is 28.1. The fraction of sp³-hybridized carbons (Fsp3) is 0.156. The summed E-state index contributed by atoms with van der Waals surface area (Å²) in [6.45, 7) is 2.12. The van der Waals surface area contributed by atoms with Gasteiger partial charge in [-0.2, -0.15) is 5.10 Å². The number of ether oxygens (including phenoxy) is 2. The number of methoxy groups -OCH3 is 1. The third-order valence-electron chi connectivity index (χ3n) is 6.76. The van der Waals surface area contributed by atoms with Crippen molar-refractivity contribution in [1.82, 2.24) is 4.98 Å². The highest BCUT2D eigenvalue weighted by Gasteiger charge is 2.34. The number of benzene rings is 3. The van der Waals surface area contributed by atoms with Gasteiger partial charge in [0.25, 0.3) is 0 Å². The normalized spacial score (nSPS) is 14.3. The molecular weight excluding hydrogens is 602 g/mol. The molecule has 9 heteroatoms. The van der Waals surface area contributed by atoms with Crippen molar-refractivity contribution in [2.75, 3.05) is 12.1 Å². The molecule has 0 aliphatic carbocycles. The monoisotopic (exact) mass is 629 g/mol. The number of hydrogen-bond donors (Lipinski definition) is 0. The van der Waals surface area contributed by atoms with Crippen LogP contribution >= 0.6 is 28.3 Å². The van der Waals surface area contributed by atoms with E-state index in [0.29, 0.717) is 17.7 Å². The number of aryl methyl sites for hydroxylation is 1. The summed E-state index contributed by atoms with van der Waals surface area (Å²) < 4.78 is 16.7. The van der Waals surface area contributed by atoms with Gasteiger partial charge in [0.05, 0.1) is 30.3 Å². The van der Waals surface area contributed by atoms with Gasteiger partial charge in [-0.05, 0) is 84.8 Å². The van der Waals surface area contributed by atoms with Crippen molar-refractivity contribution in [3.05, 3.63) is 119 Å². The molecule has 7 nitrogen and oxygen atoms in total. The molecule has 0 amide bonds. The lowest BCUT2D eigenvalue weighted by Gasteiger charge is -2.18. The van der Waals surface area contributed by atoms with Crippen LogP contribution < -0.4 is 14.5 Å². The fourth-order valence-corrected chi connectivity index (χ4v) is 5.69. The average molecular weight is 631 g/mol. The Morgan fingerprint density at radius 3 is 2.32 bits per heavy atom. The zero-order valence-corrected chi connectivity index (χ0v) is 25.0. The minimum atomic E-state index is -0.387. The van der Waals surface area contributed by atoms with Crippen LogP contribution in [0.25, 0.3) is 11.3 Å². The van der Waals surface area contributed by atoms with E-state index in [1.54, 1.807) is 49.0 Å². The lowest BCUT2D eigenvalue weighted by Crippen LogP contribution is -2.17. The van der Waals surface area contributed by atoms with Crippen molar-refractivity contribution in [2.24, 2.45) is 5.10 Å². The van der Waals surface area contributed by atoms with Crippen LogP contribution in [0.4, 0.5) is 5.13 Å². The van der Waals surface area contributed by atoms with E-state index in [0.717, 1.165) is 50.5 Å². The van der Waals surface area contributed by atoms with Gasteiger partial charge in [-0.1, -0.05) is 36.5 Å². The maximum absolute atomic E-state index is 12.4. The van der Waals surface area contributed by atoms with Gasteiger partial charge in [-0.3, -0.25) is 0 Å². The lowest BCUT2D eigenvalue weighted by atomic mass is 10.0. The molecular formula is C32H28BrN3O4S. The molecule has 208 valence electrons. The topological polar surface area (TPSA) is 77.2 Å². The maximum atomic E-state index is 12.4. The maximum Gasteiger partial charge on any atom is 0.343 e. The summed E-state index contributed by atoms with van der Waals surface area (Å²) in [6.07, 6.45) is 3.21. The minimum absolute atomic E-state index is 0. The van der Waals surface area contributed by atoms with Crippen molar-refractivity contribution < 1.29 is 18.7 Å². The van der Waals surface area contributed by atoms with Crippen molar-refractivity contribution in [1.29, 1.82) is 0 Å². The molecule has 0 fully saturated rings. The molecule has 3 aromatic carbocycles. The Morgan fingerprint density at radius 2 is 1.66 bits per heavy atom. The van der Waals surface area contributed by atoms with E-state index < -0.39 is 0 Å². The van der Waals surface area contributed by atoms with Gasteiger partial charge in [0, 0.05) is 16.9 Å². The van der Waals surface area contributed by atoms with Gasteiger partial charge in [-0.15, -0.1) is 17.0 Å². The summed E-state index contributed by atoms with van der Waals surface area (Å²) in [4.78, 5) is 18.6. The number of hydrazone groups is 1. The number of carbonyl (C=O) groups excluding carboxylic acids is 1. The summed E-state index contributed by atoms with van der Waals surface area (Å²) >= 11 is 1.63. The Morgan fingerprint density at radius 1 is 0.951 bits per heavy atom. The van der Waals surface area contributed by atoms with Gasteiger partial charge in [0.2, 0.25) is 5.13 Å². The van der Waals surface area contributed by atoms with Crippen LogP contribution in [-0.4, -0.2) is 23.8 Å². The Hall–Kier alpha value is -4.21. The second-order valence-corrected chi connectivity index (χ2v) is 10.3. The molecule has 1 aliphatic rings. The van der Waals surface area contributed by atoms with Crippen molar-refractivity contribution in [3.8, 4) is 22.8 Å². The van der Waals surface area contributed by atoms with Gasteiger partial charge < -0.3 is 13.9 Å². The number of nitrogens with zero attached hydrogens (tertiary/aromatic N) is 3. The van der Waals surface area contributed by atoms with E-state index in [9.17, 15) is 4.79 Å². The highest BCUT2D eigenvalue weighted by atomic mass is 79.9. The van der Waals surface area contributed by atoms with Crippen LogP contribution in [0.5, 0.6) is 11.5 Å². The number of esters is 1. The third kappa shape index (κ3) is 5.96. The Bertz CT molecular complexity index is 1630. The summed E-state index contributed by atoms with van der Waals surface area (Å²) in [5, 5.41) is 7.80. The van der Waals surface area contributed by atoms with E-state index in [1.807, 2.05) is 71.7 Å². The molecule has 0 bridgehead atoms. The number of hydrogen-bond acceptors (Lipinski definition) is 8. The molecule has 3 heterocycles. The second-order valence-electron chi connectivity index (χ2n) is 9.26. The summed E-state index contributed by atoms with van der Waals surface area (Å²) in [7, 11) is 1.66. The SMILES string of the molecule is Br.CCc1sc(N2N=C(c3ccc(OC)cc3)CC2c2ccco2)nc1-c1ccc(OC(=O)c2ccccc2)cc1. The summed E-state index contributed by atoms with van der Waals surface area (Å²) in [5.74, 6) is 1.74. The molecule has 0 radical (unpaired) electrons. The predicted octanol–water partition coefficient (Wildman–Crippen LogP) is 8.13. The number of carbonyl (C=O) groups is 1. The van der Waals surface area contributed by atoms with Crippen LogP contribution in [0.2, 0.25) is 0 Å². The first kappa shape index (κ1) is 28.3. The average Bonchev–Trinajstić information content (AvgIpc) is 3.78. The number of furan rings is 1. The minimum Gasteiger partial charge on any atom is -0.497 e. The second kappa shape index (κ2) is 12.5. The molecule has 1 atom stereocenters. The van der Waals surface area contributed by atoms with E-state index >= 15 is 0 Å². The van der Waals surface area contributed by atoms with Gasteiger partial charge in [0.1, 0.15) is 23.3 Å². The standard InChI is InChI=1S/C32H27N3O4S.BrH/c1-3-29-30(22-13-17-25(18-14-22)39-31(36)23-8-5-4-6-9-23)33-32(40-29)35-27(28-10-7-19-38-28)20-26(34-35)21-11-15-24(37-2)16-12-21;/h4-19,27H,3,20H2,1-2H3;1H. The first-order valence-corrected chi connectivity index (χ1v) is 13.9. The molecule has 5 aromatic rings. The molecule has 0 spiro atoms. The highest BCUT2D eigenvalue weighted by molar-refractivity contribution is 8.93. The Balaban J connectivity index is 0.00000337. The Kier molecular flexibility index (Phi) is 8.66. The number of aromatic nitrogens is 1. The highest BCUT2D eigenvalue weighted by Crippen LogP contribution is 2.42. The first-order valence-electron chi connectivity index (χ1n) is 13.0. The molecule has 2 aromatic heterocycles. The molecule has 1 unspecified atom stereocenters. The predicted molar refractivity (Wildman–Crippen MR) is 167 cm³/mol.